The average molecular weight is 291 g/mol. The Bertz CT molecular complexity index is 711. The van der Waals surface area contributed by atoms with Crippen LogP contribution in [0.4, 0.5) is 8.78 Å². The molecule has 0 saturated heterocycles. The van der Waals surface area contributed by atoms with E-state index < -0.39 is 23.5 Å². The fourth-order valence-electron chi connectivity index (χ4n) is 2.74. The van der Waals surface area contributed by atoms with Crippen molar-refractivity contribution in [3.63, 3.8) is 0 Å². The molecule has 1 aromatic carbocycles. The lowest BCUT2D eigenvalue weighted by Crippen LogP contribution is -2.19. The maximum absolute atomic E-state index is 13.9. The molecule has 0 saturated carbocycles. The number of halogens is 2. The molecular formula is C15H15F2N3O. The Balaban J connectivity index is 1.98. The Hall–Kier alpha value is -2.24. The molecule has 1 unspecified atom stereocenters. The normalized spacial score (nSPS) is 18.5. The molecule has 2 atom stereocenters. The van der Waals surface area contributed by atoms with Gasteiger partial charge in [-0.25, -0.2) is 13.8 Å². The Morgan fingerprint density at radius 2 is 2.24 bits per heavy atom. The third-order valence-electron chi connectivity index (χ3n) is 4.00. The van der Waals surface area contributed by atoms with Gasteiger partial charge in [0.25, 0.3) is 0 Å². The summed E-state index contributed by atoms with van der Waals surface area (Å²) >= 11 is 0. The van der Waals surface area contributed by atoms with Crippen LogP contribution in [0.3, 0.4) is 0 Å². The van der Waals surface area contributed by atoms with E-state index in [-0.39, 0.29) is 6.04 Å². The molecule has 1 aliphatic heterocycles. The second-order valence-corrected chi connectivity index (χ2v) is 5.33. The SMILES string of the molecule is CC(C(N)=O)c1cn2c(n1)CC[C@H]2c1ccc(F)cc1F. The van der Waals surface area contributed by atoms with Crippen molar-refractivity contribution in [2.45, 2.75) is 31.7 Å². The number of carbonyl (C=O) groups is 1. The molecule has 3 rings (SSSR count). The lowest BCUT2D eigenvalue weighted by Gasteiger charge is -2.14. The van der Waals surface area contributed by atoms with Gasteiger partial charge in [0.05, 0.1) is 17.7 Å². The van der Waals surface area contributed by atoms with Crippen LogP contribution in [0.25, 0.3) is 0 Å². The number of amides is 1. The molecule has 0 aliphatic carbocycles. The van der Waals surface area contributed by atoms with E-state index >= 15 is 0 Å². The highest BCUT2D eigenvalue weighted by Crippen LogP contribution is 2.34. The minimum absolute atomic E-state index is 0.220. The van der Waals surface area contributed by atoms with E-state index in [0.717, 1.165) is 11.9 Å². The molecule has 1 aliphatic rings. The van der Waals surface area contributed by atoms with E-state index in [1.807, 2.05) is 4.57 Å². The standard InChI is InChI=1S/C15H15F2N3O/c1-8(15(18)21)12-7-20-13(4-5-14(20)19-12)10-3-2-9(16)6-11(10)17/h2-3,6-8,13H,4-5H2,1H3,(H2,18,21)/t8?,13-/m0/s1. The molecule has 110 valence electrons. The Morgan fingerprint density at radius 1 is 1.48 bits per heavy atom. The van der Waals surface area contributed by atoms with Crippen LogP contribution in [0.1, 0.15) is 42.4 Å². The van der Waals surface area contributed by atoms with Gasteiger partial charge in [0.1, 0.15) is 17.5 Å². The molecule has 2 heterocycles. The van der Waals surface area contributed by atoms with Crippen molar-refractivity contribution in [3.8, 4) is 0 Å². The highest BCUT2D eigenvalue weighted by atomic mass is 19.1. The van der Waals surface area contributed by atoms with E-state index in [0.29, 0.717) is 24.1 Å². The lowest BCUT2D eigenvalue weighted by atomic mass is 10.0. The number of hydrogen-bond acceptors (Lipinski definition) is 2. The molecule has 2 N–H and O–H groups in total. The summed E-state index contributed by atoms with van der Waals surface area (Å²) in [6.07, 6.45) is 3.13. The molecule has 6 heteroatoms. The topological polar surface area (TPSA) is 60.9 Å². The van der Waals surface area contributed by atoms with Crippen molar-refractivity contribution in [2.75, 3.05) is 0 Å². The third-order valence-corrected chi connectivity index (χ3v) is 4.00. The smallest absolute Gasteiger partial charge is 0.226 e. The minimum atomic E-state index is -0.594. The summed E-state index contributed by atoms with van der Waals surface area (Å²) in [5.74, 6) is -1.29. The Kier molecular flexibility index (Phi) is 3.23. The third kappa shape index (κ3) is 2.30. The summed E-state index contributed by atoms with van der Waals surface area (Å²) in [5, 5.41) is 0. The van der Waals surface area contributed by atoms with Crippen LogP contribution in [0.15, 0.2) is 24.4 Å². The zero-order valence-electron chi connectivity index (χ0n) is 11.5. The fraction of sp³-hybridized carbons (Fsp3) is 0.333. The molecule has 4 nitrogen and oxygen atoms in total. The van der Waals surface area contributed by atoms with E-state index in [4.69, 9.17) is 5.73 Å². The van der Waals surface area contributed by atoms with Crippen LogP contribution in [0.2, 0.25) is 0 Å². The van der Waals surface area contributed by atoms with Crippen LogP contribution >= 0.6 is 0 Å². The number of primary amides is 1. The molecular weight excluding hydrogens is 276 g/mol. The average Bonchev–Trinajstić information content (AvgIpc) is 2.98. The van der Waals surface area contributed by atoms with Crippen LogP contribution < -0.4 is 5.73 Å². The van der Waals surface area contributed by atoms with Crippen molar-refractivity contribution >= 4 is 5.91 Å². The van der Waals surface area contributed by atoms with Gasteiger partial charge in [-0.1, -0.05) is 6.07 Å². The number of nitrogens with two attached hydrogens (primary N) is 1. The van der Waals surface area contributed by atoms with Crippen LogP contribution in [-0.2, 0) is 11.2 Å². The fourth-order valence-corrected chi connectivity index (χ4v) is 2.74. The van der Waals surface area contributed by atoms with Gasteiger partial charge >= 0.3 is 0 Å². The summed E-state index contributed by atoms with van der Waals surface area (Å²) in [5.41, 5.74) is 6.31. The van der Waals surface area contributed by atoms with E-state index in [1.54, 1.807) is 13.1 Å². The number of aryl methyl sites for hydroxylation is 1. The van der Waals surface area contributed by atoms with Gasteiger partial charge in [0, 0.05) is 24.2 Å². The predicted molar refractivity (Wildman–Crippen MR) is 72.7 cm³/mol. The second-order valence-electron chi connectivity index (χ2n) is 5.33. The number of benzene rings is 1. The molecule has 2 aromatic rings. The number of aromatic nitrogens is 2. The molecule has 1 aromatic heterocycles. The van der Waals surface area contributed by atoms with Gasteiger partial charge in [-0.2, -0.15) is 0 Å². The van der Waals surface area contributed by atoms with Gasteiger partial charge in [0.15, 0.2) is 0 Å². The first kappa shape index (κ1) is 13.7. The van der Waals surface area contributed by atoms with E-state index in [9.17, 15) is 13.6 Å². The first-order valence-electron chi connectivity index (χ1n) is 6.79. The molecule has 0 bridgehead atoms. The summed E-state index contributed by atoms with van der Waals surface area (Å²) in [4.78, 5) is 15.6. The van der Waals surface area contributed by atoms with Crippen molar-refractivity contribution in [1.82, 2.24) is 9.55 Å². The second kappa shape index (κ2) is 4.95. The van der Waals surface area contributed by atoms with E-state index in [1.165, 1.54) is 12.1 Å². The summed E-state index contributed by atoms with van der Waals surface area (Å²) in [6.45, 7) is 1.69. The van der Waals surface area contributed by atoms with Gasteiger partial charge < -0.3 is 10.3 Å². The summed E-state index contributed by atoms with van der Waals surface area (Å²) < 4.78 is 28.8. The Labute approximate surface area is 120 Å². The zero-order chi connectivity index (χ0) is 15.1. The van der Waals surface area contributed by atoms with Crippen molar-refractivity contribution in [2.24, 2.45) is 5.73 Å². The van der Waals surface area contributed by atoms with Gasteiger partial charge in [-0.3, -0.25) is 4.79 Å². The molecule has 0 fully saturated rings. The van der Waals surface area contributed by atoms with Crippen LogP contribution in [0, 0.1) is 11.6 Å². The molecule has 1 amide bonds. The van der Waals surface area contributed by atoms with E-state index in [2.05, 4.69) is 4.98 Å². The first-order valence-corrected chi connectivity index (χ1v) is 6.79. The molecule has 0 spiro atoms. The summed E-state index contributed by atoms with van der Waals surface area (Å²) in [6, 6.07) is 3.38. The maximum atomic E-state index is 13.9. The minimum Gasteiger partial charge on any atom is -0.369 e. The first-order chi connectivity index (χ1) is 9.97. The number of hydrogen-bond donors (Lipinski definition) is 1. The van der Waals surface area contributed by atoms with Gasteiger partial charge in [-0.05, 0) is 19.4 Å². The number of imidazole rings is 1. The number of fused-ring (bicyclic) bond motifs is 1. The van der Waals surface area contributed by atoms with Crippen molar-refractivity contribution in [1.29, 1.82) is 0 Å². The quantitative estimate of drug-likeness (QED) is 0.943. The monoisotopic (exact) mass is 291 g/mol. The zero-order valence-corrected chi connectivity index (χ0v) is 11.5. The maximum Gasteiger partial charge on any atom is 0.226 e. The number of nitrogens with zero attached hydrogens (tertiary/aromatic N) is 2. The molecule has 21 heavy (non-hydrogen) atoms. The lowest BCUT2D eigenvalue weighted by molar-refractivity contribution is -0.119. The highest BCUT2D eigenvalue weighted by Gasteiger charge is 2.29. The van der Waals surface area contributed by atoms with Crippen molar-refractivity contribution < 1.29 is 13.6 Å². The largest absolute Gasteiger partial charge is 0.369 e. The van der Waals surface area contributed by atoms with Crippen molar-refractivity contribution in [3.05, 3.63) is 53.1 Å². The van der Waals surface area contributed by atoms with Gasteiger partial charge in [0.2, 0.25) is 5.91 Å². The molecule has 0 radical (unpaired) electrons. The van der Waals surface area contributed by atoms with Gasteiger partial charge in [-0.15, -0.1) is 0 Å². The number of rotatable bonds is 3. The Morgan fingerprint density at radius 3 is 2.90 bits per heavy atom. The summed E-state index contributed by atoms with van der Waals surface area (Å²) in [7, 11) is 0. The van der Waals surface area contributed by atoms with Crippen LogP contribution in [0.5, 0.6) is 0 Å². The number of carbonyl (C=O) groups excluding carboxylic acids is 1. The predicted octanol–water partition coefficient (Wildman–Crippen LogP) is 2.29. The highest BCUT2D eigenvalue weighted by molar-refractivity contribution is 5.80. The van der Waals surface area contributed by atoms with Crippen LogP contribution in [-0.4, -0.2) is 15.5 Å².